The van der Waals surface area contributed by atoms with Crippen LogP contribution in [0.25, 0.3) is 10.8 Å². The molecular weight excluding hydrogens is 314 g/mol. The number of carbonyl (C=O) groups is 1. The van der Waals surface area contributed by atoms with Crippen LogP contribution >= 0.6 is 0 Å². The molecule has 0 aromatic heterocycles. The molecule has 3 aromatic rings. The third-order valence-electron chi connectivity index (χ3n) is 3.47. The van der Waals surface area contributed by atoms with Crippen molar-refractivity contribution in [3.05, 3.63) is 66.2 Å². The fourth-order valence-corrected chi connectivity index (χ4v) is 3.45. The second-order valence-electron chi connectivity index (χ2n) is 4.94. The highest BCUT2D eigenvalue weighted by atomic mass is 32.2. The lowest BCUT2D eigenvalue weighted by molar-refractivity contribution is 0.112. The van der Waals surface area contributed by atoms with Gasteiger partial charge in [0.1, 0.15) is 5.75 Å². The second-order valence-corrected chi connectivity index (χ2v) is 6.63. The summed E-state index contributed by atoms with van der Waals surface area (Å²) in [6.45, 7) is 0. The molecular formula is C17H13NO4S. The van der Waals surface area contributed by atoms with Crippen molar-refractivity contribution in [2.45, 2.75) is 4.90 Å². The van der Waals surface area contributed by atoms with Crippen LogP contribution in [0.15, 0.2) is 65.6 Å². The van der Waals surface area contributed by atoms with Gasteiger partial charge in [-0.3, -0.25) is 9.52 Å². The van der Waals surface area contributed by atoms with E-state index in [4.69, 9.17) is 0 Å². The zero-order valence-electron chi connectivity index (χ0n) is 11.9. The number of benzene rings is 3. The molecule has 0 saturated heterocycles. The van der Waals surface area contributed by atoms with Crippen molar-refractivity contribution >= 4 is 32.8 Å². The molecule has 2 N–H and O–H groups in total. The Labute approximate surface area is 133 Å². The average Bonchev–Trinajstić information content (AvgIpc) is 2.58. The van der Waals surface area contributed by atoms with Crippen molar-refractivity contribution in [2.75, 3.05) is 4.72 Å². The van der Waals surface area contributed by atoms with E-state index < -0.39 is 10.0 Å². The quantitative estimate of drug-likeness (QED) is 0.569. The van der Waals surface area contributed by atoms with Crippen molar-refractivity contribution in [3.8, 4) is 5.75 Å². The van der Waals surface area contributed by atoms with Gasteiger partial charge < -0.3 is 5.11 Å². The maximum absolute atomic E-state index is 12.4. The van der Waals surface area contributed by atoms with E-state index in [0.717, 1.165) is 0 Å². The maximum Gasteiger partial charge on any atom is 0.262 e. The molecule has 0 spiro atoms. The minimum absolute atomic E-state index is 0.0327. The standard InChI is InChI=1S/C17H13NO4S/c19-11-12-10-16(17(20)15-9-5-4-8-14(12)15)18-23(21,22)13-6-2-1-3-7-13/h1-11,18,20H. The van der Waals surface area contributed by atoms with Gasteiger partial charge in [-0.1, -0.05) is 42.5 Å². The highest BCUT2D eigenvalue weighted by Crippen LogP contribution is 2.35. The summed E-state index contributed by atoms with van der Waals surface area (Å²) >= 11 is 0. The molecule has 0 aliphatic carbocycles. The summed E-state index contributed by atoms with van der Waals surface area (Å²) in [5.74, 6) is -0.217. The molecule has 0 unspecified atom stereocenters. The van der Waals surface area contributed by atoms with Gasteiger partial charge in [0.05, 0.1) is 10.6 Å². The Morgan fingerprint density at radius 3 is 2.17 bits per heavy atom. The van der Waals surface area contributed by atoms with Gasteiger partial charge in [0.2, 0.25) is 0 Å². The Morgan fingerprint density at radius 2 is 1.52 bits per heavy atom. The molecule has 116 valence electrons. The van der Waals surface area contributed by atoms with Crippen LogP contribution in [0.5, 0.6) is 5.75 Å². The van der Waals surface area contributed by atoms with Gasteiger partial charge in [0.15, 0.2) is 6.29 Å². The van der Waals surface area contributed by atoms with Crippen molar-refractivity contribution in [1.82, 2.24) is 0 Å². The first-order valence-electron chi connectivity index (χ1n) is 6.80. The van der Waals surface area contributed by atoms with Crippen molar-refractivity contribution < 1.29 is 18.3 Å². The summed E-state index contributed by atoms with van der Waals surface area (Å²) in [5, 5.41) is 11.3. The summed E-state index contributed by atoms with van der Waals surface area (Å²) in [7, 11) is -3.86. The van der Waals surface area contributed by atoms with Gasteiger partial charge in [0, 0.05) is 10.9 Å². The van der Waals surface area contributed by atoms with E-state index in [1.54, 1.807) is 42.5 Å². The summed E-state index contributed by atoms with van der Waals surface area (Å²) < 4.78 is 27.1. The number of nitrogens with one attached hydrogen (secondary N) is 1. The van der Waals surface area contributed by atoms with Crippen molar-refractivity contribution in [1.29, 1.82) is 0 Å². The van der Waals surface area contributed by atoms with Crippen LogP contribution in [0.1, 0.15) is 10.4 Å². The van der Waals surface area contributed by atoms with Gasteiger partial charge in [-0.15, -0.1) is 0 Å². The molecule has 0 saturated carbocycles. The molecule has 0 atom stereocenters. The van der Waals surface area contributed by atoms with Crippen LogP contribution in [-0.2, 0) is 10.0 Å². The number of hydrogen-bond acceptors (Lipinski definition) is 4. The summed E-state index contributed by atoms with van der Waals surface area (Å²) in [6, 6.07) is 15.9. The van der Waals surface area contributed by atoms with Crippen molar-refractivity contribution in [3.63, 3.8) is 0 Å². The van der Waals surface area contributed by atoms with Crippen LogP contribution in [0.3, 0.4) is 0 Å². The second kappa shape index (κ2) is 5.73. The monoisotopic (exact) mass is 327 g/mol. The fraction of sp³-hybridized carbons (Fsp3) is 0. The Morgan fingerprint density at radius 1 is 0.913 bits per heavy atom. The molecule has 23 heavy (non-hydrogen) atoms. The van der Waals surface area contributed by atoms with E-state index in [2.05, 4.69) is 4.72 Å². The predicted molar refractivity (Wildman–Crippen MR) is 88.3 cm³/mol. The molecule has 6 heteroatoms. The lowest BCUT2D eigenvalue weighted by Gasteiger charge is -2.13. The number of sulfonamides is 1. The molecule has 0 heterocycles. The number of aldehydes is 1. The minimum atomic E-state index is -3.86. The zero-order valence-corrected chi connectivity index (χ0v) is 12.7. The number of phenols is 1. The summed E-state index contributed by atoms with van der Waals surface area (Å²) in [4.78, 5) is 11.3. The Hall–Kier alpha value is -2.86. The zero-order chi connectivity index (χ0) is 16.4. The number of rotatable bonds is 4. The number of fused-ring (bicyclic) bond motifs is 1. The first-order valence-corrected chi connectivity index (χ1v) is 8.29. The summed E-state index contributed by atoms with van der Waals surface area (Å²) in [5.41, 5.74) is 0.263. The van der Waals surface area contributed by atoms with Gasteiger partial charge in [-0.05, 0) is 23.6 Å². The SMILES string of the molecule is O=Cc1cc(NS(=O)(=O)c2ccccc2)c(O)c2ccccc12. The highest BCUT2D eigenvalue weighted by molar-refractivity contribution is 7.92. The first kappa shape index (κ1) is 15.1. The van der Waals surface area contributed by atoms with E-state index in [0.29, 0.717) is 22.6 Å². The molecule has 3 aromatic carbocycles. The van der Waals surface area contributed by atoms with E-state index in [1.807, 2.05) is 0 Å². The van der Waals surface area contributed by atoms with E-state index in [9.17, 15) is 18.3 Å². The lowest BCUT2D eigenvalue weighted by Crippen LogP contribution is -2.13. The first-order chi connectivity index (χ1) is 11.0. The number of anilines is 1. The van der Waals surface area contributed by atoms with Crippen LogP contribution in [0.4, 0.5) is 5.69 Å². The van der Waals surface area contributed by atoms with E-state index >= 15 is 0 Å². The number of carbonyl (C=O) groups excluding carboxylic acids is 1. The predicted octanol–water partition coefficient (Wildman–Crippen LogP) is 3.16. The molecule has 5 nitrogen and oxygen atoms in total. The van der Waals surface area contributed by atoms with Crippen LogP contribution in [0, 0.1) is 0 Å². The average molecular weight is 327 g/mol. The molecule has 0 bridgehead atoms. The number of hydrogen-bond donors (Lipinski definition) is 2. The minimum Gasteiger partial charge on any atom is -0.505 e. The van der Waals surface area contributed by atoms with Gasteiger partial charge in [0.25, 0.3) is 10.0 Å². The highest BCUT2D eigenvalue weighted by Gasteiger charge is 2.18. The smallest absolute Gasteiger partial charge is 0.262 e. The topological polar surface area (TPSA) is 83.5 Å². The van der Waals surface area contributed by atoms with Crippen LogP contribution < -0.4 is 4.72 Å². The van der Waals surface area contributed by atoms with E-state index in [1.165, 1.54) is 18.2 Å². The number of phenolic OH excluding ortho intramolecular Hbond substituents is 1. The normalized spacial score (nSPS) is 11.3. The number of aromatic hydroxyl groups is 1. The molecule has 0 aliphatic heterocycles. The third kappa shape index (κ3) is 2.76. The Kier molecular flexibility index (Phi) is 3.75. The maximum atomic E-state index is 12.4. The van der Waals surface area contributed by atoms with Gasteiger partial charge in [-0.2, -0.15) is 0 Å². The van der Waals surface area contributed by atoms with Crippen LogP contribution in [-0.4, -0.2) is 19.8 Å². The largest absolute Gasteiger partial charge is 0.505 e. The molecule has 0 radical (unpaired) electrons. The van der Waals surface area contributed by atoms with E-state index in [-0.39, 0.29) is 16.3 Å². The van der Waals surface area contributed by atoms with Crippen LogP contribution in [0.2, 0.25) is 0 Å². The fourth-order valence-electron chi connectivity index (χ4n) is 2.37. The Balaban J connectivity index is 2.14. The molecule has 0 amide bonds. The lowest BCUT2D eigenvalue weighted by atomic mass is 10.0. The summed E-state index contributed by atoms with van der Waals surface area (Å²) in [6.07, 6.45) is 0.627. The van der Waals surface area contributed by atoms with Gasteiger partial charge in [-0.25, -0.2) is 8.42 Å². The molecule has 0 aliphatic rings. The third-order valence-corrected chi connectivity index (χ3v) is 4.85. The Bertz CT molecular complexity index is 982. The molecule has 0 fully saturated rings. The molecule has 3 rings (SSSR count). The van der Waals surface area contributed by atoms with Crippen molar-refractivity contribution in [2.24, 2.45) is 0 Å². The van der Waals surface area contributed by atoms with Gasteiger partial charge >= 0.3 is 0 Å².